The molecule has 1 heterocycles. The van der Waals surface area contributed by atoms with E-state index in [1.54, 1.807) is 7.11 Å². The number of likely N-dealkylation sites (tertiary alicyclic amines) is 1. The summed E-state index contributed by atoms with van der Waals surface area (Å²) in [6, 6.07) is 0. The van der Waals surface area contributed by atoms with Crippen LogP contribution in [-0.2, 0) is 9.53 Å². The maximum Gasteiger partial charge on any atom is 0.254 e. The number of amides is 1. The molecule has 1 saturated heterocycles. The van der Waals surface area contributed by atoms with E-state index in [9.17, 15) is 4.79 Å². The lowest BCUT2D eigenvalue weighted by Gasteiger charge is -2.31. The molecule has 0 aromatic rings. The van der Waals surface area contributed by atoms with Gasteiger partial charge in [-0.25, -0.2) is 0 Å². The fraction of sp³-hybridized carbons (Fsp3) is 0.933. The van der Waals surface area contributed by atoms with Gasteiger partial charge in [-0.1, -0.05) is 20.8 Å². The molecule has 0 spiro atoms. The van der Waals surface area contributed by atoms with Crippen molar-refractivity contribution in [3.63, 3.8) is 0 Å². The highest BCUT2D eigenvalue weighted by molar-refractivity contribution is 5.84. The van der Waals surface area contributed by atoms with E-state index in [0.717, 1.165) is 25.9 Å². The van der Waals surface area contributed by atoms with Crippen LogP contribution in [-0.4, -0.2) is 36.6 Å². The average molecular weight is 255 g/mol. The fourth-order valence-electron chi connectivity index (χ4n) is 2.63. The van der Waals surface area contributed by atoms with Crippen molar-refractivity contribution >= 4 is 5.91 Å². The fourth-order valence-corrected chi connectivity index (χ4v) is 2.63. The van der Waals surface area contributed by atoms with Gasteiger partial charge in [0.15, 0.2) is 0 Å². The van der Waals surface area contributed by atoms with Crippen LogP contribution in [0.5, 0.6) is 0 Å². The zero-order valence-electron chi connectivity index (χ0n) is 12.9. The molecule has 1 fully saturated rings. The van der Waals surface area contributed by atoms with Crippen LogP contribution in [0.25, 0.3) is 0 Å². The van der Waals surface area contributed by atoms with Crippen LogP contribution in [0.3, 0.4) is 0 Å². The minimum absolute atomic E-state index is 0.125. The maximum absolute atomic E-state index is 12.4. The van der Waals surface area contributed by atoms with Gasteiger partial charge in [-0.05, 0) is 44.4 Å². The number of methoxy groups -OCH3 is 1. The normalized spacial score (nSPS) is 22.8. The molecule has 3 nitrogen and oxygen atoms in total. The number of carbonyl (C=O) groups excluding carboxylic acids is 1. The molecule has 0 radical (unpaired) electrons. The third-order valence-electron chi connectivity index (χ3n) is 4.27. The molecule has 0 aromatic carbocycles. The third-order valence-corrected chi connectivity index (χ3v) is 4.27. The van der Waals surface area contributed by atoms with Crippen molar-refractivity contribution in [2.75, 3.05) is 20.2 Å². The Morgan fingerprint density at radius 1 is 1.11 bits per heavy atom. The van der Waals surface area contributed by atoms with E-state index in [2.05, 4.69) is 20.8 Å². The molecule has 1 aliphatic heterocycles. The summed E-state index contributed by atoms with van der Waals surface area (Å²) in [7, 11) is 1.60. The summed E-state index contributed by atoms with van der Waals surface area (Å²) in [6.07, 6.45) is 3.43. The Hall–Kier alpha value is -0.570. The topological polar surface area (TPSA) is 29.5 Å². The van der Waals surface area contributed by atoms with E-state index in [4.69, 9.17) is 4.74 Å². The largest absolute Gasteiger partial charge is 0.369 e. The molecule has 1 unspecified atom stereocenters. The zero-order valence-corrected chi connectivity index (χ0v) is 12.9. The van der Waals surface area contributed by atoms with E-state index in [-0.39, 0.29) is 5.91 Å². The average Bonchev–Trinajstić information content (AvgIpc) is 2.52. The van der Waals surface area contributed by atoms with Gasteiger partial charge in [-0.3, -0.25) is 4.79 Å². The van der Waals surface area contributed by atoms with Crippen LogP contribution in [0.2, 0.25) is 0 Å². The monoisotopic (exact) mass is 255 g/mol. The predicted molar refractivity (Wildman–Crippen MR) is 74.5 cm³/mol. The molecule has 0 saturated carbocycles. The molecule has 3 heteroatoms. The van der Waals surface area contributed by atoms with Gasteiger partial charge in [0.1, 0.15) is 5.60 Å². The summed E-state index contributed by atoms with van der Waals surface area (Å²) < 4.78 is 5.30. The smallest absolute Gasteiger partial charge is 0.254 e. The van der Waals surface area contributed by atoms with E-state index in [0.29, 0.717) is 11.3 Å². The Kier molecular flexibility index (Phi) is 4.82. The van der Waals surface area contributed by atoms with Gasteiger partial charge < -0.3 is 9.64 Å². The molecule has 1 aliphatic rings. The molecule has 0 bridgehead atoms. The highest BCUT2D eigenvalue weighted by atomic mass is 16.5. The van der Waals surface area contributed by atoms with Crippen LogP contribution in [0, 0.1) is 11.3 Å². The minimum Gasteiger partial charge on any atom is -0.369 e. The molecule has 1 amide bonds. The quantitative estimate of drug-likeness (QED) is 0.759. The summed E-state index contributed by atoms with van der Waals surface area (Å²) in [6.45, 7) is 12.3. The summed E-state index contributed by atoms with van der Waals surface area (Å²) in [5, 5.41) is 0. The van der Waals surface area contributed by atoms with Crippen molar-refractivity contribution in [3.05, 3.63) is 0 Å². The van der Waals surface area contributed by atoms with Crippen molar-refractivity contribution in [2.24, 2.45) is 11.3 Å². The second kappa shape index (κ2) is 5.60. The van der Waals surface area contributed by atoms with Crippen LogP contribution in [0.4, 0.5) is 0 Å². The van der Waals surface area contributed by atoms with Gasteiger partial charge in [-0.2, -0.15) is 0 Å². The molecular formula is C15H29NO2. The lowest BCUT2D eigenvalue weighted by molar-refractivity contribution is -0.151. The van der Waals surface area contributed by atoms with Gasteiger partial charge in [0.05, 0.1) is 0 Å². The van der Waals surface area contributed by atoms with Crippen LogP contribution in [0.15, 0.2) is 0 Å². The second-order valence-electron chi connectivity index (χ2n) is 7.00. The molecule has 0 N–H and O–H groups in total. The molecule has 1 atom stereocenters. The summed E-state index contributed by atoms with van der Waals surface area (Å²) in [5.41, 5.74) is -0.350. The standard InChI is InChI=1S/C15H29NO2/c1-14(2,3)12-8-7-10-16(11-9-12)13(17)15(4,5)18-6/h12H,7-11H2,1-6H3. The molecule has 0 aliphatic carbocycles. The SMILES string of the molecule is COC(C)(C)C(=O)N1CCCC(C(C)(C)C)CC1. The van der Waals surface area contributed by atoms with Crippen LogP contribution < -0.4 is 0 Å². The molecule has 18 heavy (non-hydrogen) atoms. The first-order valence-electron chi connectivity index (χ1n) is 7.03. The third kappa shape index (κ3) is 3.71. The first-order valence-corrected chi connectivity index (χ1v) is 7.03. The zero-order chi connectivity index (χ0) is 14.0. The molecule has 1 rings (SSSR count). The van der Waals surface area contributed by atoms with Gasteiger partial charge in [0.25, 0.3) is 5.91 Å². The number of ether oxygens (including phenoxy) is 1. The minimum atomic E-state index is -0.693. The Labute approximate surface area is 112 Å². The Morgan fingerprint density at radius 3 is 2.22 bits per heavy atom. The second-order valence-corrected chi connectivity index (χ2v) is 7.00. The van der Waals surface area contributed by atoms with Crippen LogP contribution >= 0.6 is 0 Å². The van der Waals surface area contributed by atoms with E-state index < -0.39 is 5.60 Å². The first-order chi connectivity index (χ1) is 8.18. The number of nitrogens with zero attached hydrogens (tertiary/aromatic N) is 1. The van der Waals surface area contributed by atoms with Gasteiger partial charge in [0, 0.05) is 20.2 Å². The number of hydrogen-bond donors (Lipinski definition) is 0. The number of carbonyl (C=O) groups is 1. The lowest BCUT2D eigenvalue weighted by Crippen LogP contribution is -2.46. The van der Waals surface area contributed by atoms with Gasteiger partial charge in [0.2, 0.25) is 0 Å². The molecule has 0 aromatic heterocycles. The Morgan fingerprint density at radius 2 is 1.72 bits per heavy atom. The summed E-state index contributed by atoms with van der Waals surface area (Å²) >= 11 is 0. The number of rotatable bonds is 2. The van der Waals surface area contributed by atoms with Crippen molar-refractivity contribution in [2.45, 2.75) is 59.5 Å². The Bertz CT molecular complexity index is 291. The lowest BCUT2D eigenvalue weighted by atomic mass is 9.77. The van der Waals surface area contributed by atoms with Crippen molar-refractivity contribution in [1.82, 2.24) is 4.90 Å². The maximum atomic E-state index is 12.4. The molecular weight excluding hydrogens is 226 g/mol. The highest BCUT2D eigenvalue weighted by Crippen LogP contribution is 2.34. The van der Waals surface area contributed by atoms with E-state index >= 15 is 0 Å². The van der Waals surface area contributed by atoms with Crippen molar-refractivity contribution in [3.8, 4) is 0 Å². The number of hydrogen-bond acceptors (Lipinski definition) is 2. The van der Waals surface area contributed by atoms with Gasteiger partial charge >= 0.3 is 0 Å². The summed E-state index contributed by atoms with van der Waals surface area (Å²) in [5.74, 6) is 0.834. The van der Waals surface area contributed by atoms with E-state index in [1.165, 1.54) is 6.42 Å². The van der Waals surface area contributed by atoms with Crippen LogP contribution in [0.1, 0.15) is 53.9 Å². The van der Waals surface area contributed by atoms with Gasteiger partial charge in [-0.15, -0.1) is 0 Å². The Balaban J connectivity index is 2.65. The van der Waals surface area contributed by atoms with Crippen molar-refractivity contribution < 1.29 is 9.53 Å². The predicted octanol–water partition coefficient (Wildman–Crippen LogP) is 3.09. The highest BCUT2D eigenvalue weighted by Gasteiger charge is 2.34. The van der Waals surface area contributed by atoms with Crippen molar-refractivity contribution in [1.29, 1.82) is 0 Å². The first kappa shape index (κ1) is 15.5. The summed E-state index contributed by atoms with van der Waals surface area (Å²) in [4.78, 5) is 14.3. The van der Waals surface area contributed by atoms with E-state index in [1.807, 2.05) is 18.7 Å². The molecule has 106 valence electrons.